The Hall–Kier alpha value is -3.27. The summed E-state index contributed by atoms with van der Waals surface area (Å²) < 4.78 is 37.2. The van der Waals surface area contributed by atoms with E-state index in [0.29, 0.717) is 36.8 Å². The molecule has 0 aromatic heterocycles. The lowest BCUT2D eigenvalue weighted by Crippen LogP contribution is -2.52. The molecule has 2 amide bonds. The van der Waals surface area contributed by atoms with Gasteiger partial charge in [0.2, 0.25) is 21.8 Å². The van der Waals surface area contributed by atoms with Gasteiger partial charge in [-0.1, -0.05) is 32.9 Å². The summed E-state index contributed by atoms with van der Waals surface area (Å²) in [5.41, 5.74) is 1.09. The number of rotatable bonds is 14. The molecule has 0 radical (unpaired) electrons. The van der Waals surface area contributed by atoms with Gasteiger partial charge in [0.25, 0.3) is 0 Å². The van der Waals surface area contributed by atoms with E-state index in [1.54, 1.807) is 49.6 Å². The summed E-state index contributed by atoms with van der Waals surface area (Å²) in [6.07, 6.45) is 1.41. The summed E-state index contributed by atoms with van der Waals surface area (Å²) in [6, 6.07) is 12.9. The Labute approximate surface area is 220 Å². The number of nitrogens with one attached hydrogen (secondary N) is 1. The van der Waals surface area contributed by atoms with Crippen LogP contribution in [0.15, 0.2) is 48.5 Å². The third kappa shape index (κ3) is 8.96. The number of carbonyl (C=O) groups excluding carboxylic acids is 2. The maximum atomic E-state index is 13.7. The van der Waals surface area contributed by atoms with Gasteiger partial charge in [-0.05, 0) is 61.2 Å². The van der Waals surface area contributed by atoms with E-state index in [4.69, 9.17) is 9.47 Å². The van der Waals surface area contributed by atoms with Crippen molar-refractivity contribution in [2.75, 3.05) is 37.4 Å². The number of hydrogen-bond donors (Lipinski definition) is 1. The van der Waals surface area contributed by atoms with Crippen molar-refractivity contribution < 1.29 is 27.5 Å². The van der Waals surface area contributed by atoms with Gasteiger partial charge in [-0.2, -0.15) is 0 Å². The molecular formula is C27H39N3O6S. The minimum absolute atomic E-state index is 0.116. The summed E-state index contributed by atoms with van der Waals surface area (Å²) in [5.74, 6) is 0.686. The van der Waals surface area contributed by atoms with Gasteiger partial charge in [0.05, 0.1) is 25.7 Å². The van der Waals surface area contributed by atoms with Crippen molar-refractivity contribution in [2.45, 2.75) is 46.7 Å². The van der Waals surface area contributed by atoms with E-state index in [1.165, 1.54) is 4.90 Å². The molecule has 2 aromatic carbocycles. The number of methoxy groups -OCH3 is 1. The largest absolute Gasteiger partial charge is 0.497 e. The van der Waals surface area contributed by atoms with Crippen molar-refractivity contribution in [2.24, 2.45) is 5.92 Å². The van der Waals surface area contributed by atoms with Crippen LogP contribution in [0.4, 0.5) is 5.69 Å². The molecule has 9 nitrogen and oxygen atoms in total. The van der Waals surface area contributed by atoms with Crippen molar-refractivity contribution >= 4 is 27.5 Å². The number of sulfonamides is 1. The molecule has 0 heterocycles. The molecule has 10 heteroatoms. The Morgan fingerprint density at radius 3 is 2.24 bits per heavy atom. The van der Waals surface area contributed by atoms with Crippen molar-refractivity contribution in [3.63, 3.8) is 0 Å². The second-order valence-electron chi connectivity index (χ2n) is 9.13. The summed E-state index contributed by atoms with van der Waals surface area (Å²) in [5, 5.41) is 2.91. The second-order valence-corrected chi connectivity index (χ2v) is 11.0. The molecule has 0 spiro atoms. The third-order valence-corrected chi connectivity index (χ3v) is 6.81. The van der Waals surface area contributed by atoms with Crippen LogP contribution in [0.5, 0.6) is 11.5 Å². The standard InChI is InChI=1S/C27H39N3O6S/c1-7-25(27(32)28-17-20(3)4)29(18-21-10-9-11-24(16-21)35-5)26(31)19-30(37(6,33)34)22-12-14-23(15-13-22)36-8-2/h9-16,20,25H,7-8,17-19H2,1-6H3,(H,28,32)/t25-/m1/s1. The van der Waals surface area contributed by atoms with Crippen LogP contribution >= 0.6 is 0 Å². The Morgan fingerprint density at radius 1 is 1.03 bits per heavy atom. The van der Waals surface area contributed by atoms with Crippen LogP contribution in [-0.4, -0.2) is 64.2 Å². The molecule has 37 heavy (non-hydrogen) atoms. The van der Waals surface area contributed by atoms with Crippen LogP contribution in [0.2, 0.25) is 0 Å². The number of benzene rings is 2. The number of ether oxygens (including phenoxy) is 2. The molecule has 2 rings (SSSR count). The van der Waals surface area contributed by atoms with Gasteiger partial charge < -0.3 is 19.7 Å². The third-order valence-electron chi connectivity index (χ3n) is 5.67. The molecule has 2 aromatic rings. The first kappa shape index (κ1) is 30.0. The summed E-state index contributed by atoms with van der Waals surface area (Å²) in [7, 11) is -2.25. The first-order chi connectivity index (χ1) is 17.5. The van der Waals surface area contributed by atoms with Gasteiger partial charge in [0.15, 0.2) is 0 Å². The van der Waals surface area contributed by atoms with Crippen LogP contribution in [0, 0.1) is 5.92 Å². The SMILES string of the molecule is CCOc1ccc(N(CC(=O)N(Cc2cccc(OC)c2)[C@H](CC)C(=O)NCC(C)C)S(C)(=O)=O)cc1. The second kappa shape index (κ2) is 13.9. The van der Waals surface area contributed by atoms with E-state index in [-0.39, 0.29) is 18.4 Å². The number of nitrogens with zero attached hydrogens (tertiary/aromatic N) is 2. The first-order valence-electron chi connectivity index (χ1n) is 12.4. The van der Waals surface area contributed by atoms with Crippen molar-refractivity contribution in [3.8, 4) is 11.5 Å². The van der Waals surface area contributed by atoms with E-state index in [2.05, 4.69) is 5.32 Å². The van der Waals surface area contributed by atoms with Crippen LogP contribution in [0.3, 0.4) is 0 Å². The van der Waals surface area contributed by atoms with E-state index < -0.39 is 28.5 Å². The molecule has 0 unspecified atom stereocenters. The number of hydrogen-bond acceptors (Lipinski definition) is 6. The highest BCUT2D eigenvalue weighted by Crippen LogP contribution is 2.23. The molecule has 0 fully saturated rings. The molecule has 204 valence electrons. The minimum atomic E-state index is -3.80. The highest BCUT2D eigenvalue weighted by Gasteiger charge is 2.31. The average Bonchev–Trinajstić information content (AvgIpc) is 2.86. The quantitative estimate of drug-likeness (QED) is 0.399. The van der Waals surface area contributed by atoms with E-state index in [1.807, 2.05) is 33.8 Å². The smallest absolute Gasteiger partial charge is 0.244 e. The van der Waals surface area contributed by atoms with Crippen molar-refractivity contribution in [1.29, 1.82) is 0 Å². The zero-order valence-electron chi connectivity index (χ0n) is 22.6. The lowest BCUT2D eigenvalue weighted by Gasteiger charge is -2.33. The maximum Gasteiger partial charge on any atom is 0.244 e. The summed E-state index contributed by atoms with van der Waals surface area (Å²) >= 11 is 0. The zero-order chi connectivity index (χ0) is 27.6. The predicted molar refractivity (Wildman–Crippen MR) is 145 cm³/mol. The van der Waals surface area contributed by atoms with Crippen molar-refractivity contribution in [1.82, 2.24) is 10.2 Å². The fraction of sp³-hybridized carbons (Fsp3) is 0.481. The molecule has 1 N–H and O–H groups in total. The van der Waals surface area contributed by atoms with Crippen molar-refractivity contribution in [3.05, 3.63) is 54.1 Å². The Morgan fingerprint density at radius 2 is 1.70 bits per heavy atom. The Kier molecular flexibility index (Phi) is 11.2. The maximum absolute atomic E-state index is 13.7. The van der Waals surface area contributed by atoms with Crippen LogP contribution in [0.25, 0.3) is 0 Å². The first-order valence-corrected chi connectivity index (χ1v) is 14.3. The Balaban J connectivity index is 2.42. The van der Waals surface area contributed by atoms with Gasteiger partial charge >= 0.3 is 0 Å². The van der Waals surface area contributed by atoms with Gasteiger partial charge in [-0.25, -0.2) is 8.42 Å². The summed E-state index contributed by atoms with van der Waals surface area (Å²) in [6.45, 7) is 8.26. The zero-order valence-corrected chi connectivity index (χ0v) is 23.4. The average molecular weight is 534 g/mol. The fourth-order valence-corrected chi connectivity index (χ4v) is 4.65. The van der Waals surface area contributed by atoms with Crippen LogP contribution in [-0.2, 0) is 26.2 Å². The molecule has 0 aliphatic carbocycles. The van der Waals surface area contributed by atoms with Gasteiger partial charge in [0.1, 0.15) is 24.1 Å². The topological polar surface area (TPSA) is 105 Å². The molecule has 0 saturated carbocycles. The Bertz CT molecular complexity index is 1140. The summed E-state index contributed by atoms with van der Waals surface area (Å²) in [4.78, 5) is 28.3. The number of amides is 2. The van der Waals surface area contributed by atoms with Crippen LogP contribution < -0.4 is 19.1 Å². The highest BCUT2D eigenvalue weighted by molar-refractivity contribution is 7.92. The molecular weight excluding hydrogens is 494 g/mol. The normalized spacial score (nSPS) is 12.1. The van der Waals surface area contributed by atoms with Crippen LogP contribution in [0.1, 0.15) is 39.7 Å². The lowest BCUT2D eigenvalue weighted by molar-refractivity contribution is -0.140. The van der Waals surface area contributed by atoms with E-state index >= 15 is 0 Å². The highest BCUT2D eigenvalue weighted by atomic mass is 32.2. The molecule has 0 aliphatic heterocycles. The molecule has 0 saturated heterocycles. The molecule has 0 bridgehead atoms. The van der Waals surface area contributed by atoms with Gasteiger partial charge in [0, 0.05) is 13.1 Å². The minimum Gasteiger partial charge on any atom is -0.497 e. The fourth-order valence-electron chi connectivity index (χ4n) is 3.80. The number of anilines is 1. The van der Waals surface area contributed by atoms with E-state index in [0.717, 1.165) is 16.1 Å². The lowest BCUT2D eigenvalue weighted by atomic mass is 10.1. The van der Waals surface area contributed by atoms with Gasteiger partial charge in [-0.3, -0.25) is 13.9 Å². The van der Waals surface area contributed by atoms with E-state index in [9.17, 15) is 18.0 Å². The molecule has 0 aliphatic rings. The molecule has 1 atom stereocenters. The van der Waals surface area contributed by atoms with Gasteiger partial charge in [-0.15, -0.1) is 0 Å². The monoisotopic (exact) mass is 533 g/mol. The predicted octanol–water partition coefficient (Wildman–Crippen LogP) is 3.44. The number of carbonyl (C=O) groups is 2.